The van der Waals surface area contributed by atoms with Crippen molar-refractivity contribution in [3.63, 3.8) is 0 Å². The summed E-state index contributed by atoms with van der Waals surface area (Å²) in [5.41, 5.74) is 0.834. The molecule has 0 atom stereocenters. The van der Waals surface area contributed by atoms with Crippen LogP contribution in [0.15, 0.2) is 42.5 Å². The monoisotopic (exact) mass is 271 g/mol. The van der Waals surface area contributed by atoms with Crippen LogP contribution in [0.2, 0.25) is 0 Å². The van der Waals surface area contributed by atoms with Gasteiger partial charge in [-0.25, -0.2) is 0 Å². The van der Waals surface area contributed by atoms with Crippen molar-refractivity contribution in [3.05, 3.63) is 48.2 Å². The van der Waals surface area contributed by atoms with Gasteiger partial charge in [0.2, 0.25) is 0 Å². The molecule has 0 radical (unpaired) electrons. The number of fused-ring (bicyclic) bond motifs is 1. The number of benzene rings is 2. The third-order valence-corrected chi connectivity index (χ3v) is 3.66. The van der Waals surface area contributed by atoms with E-state index in [1.54, 1.807) is 0 Å². The molecule has 0 bridgehead atoms. The van der Waals surface area contributed by atoms with Gasteiger partial charge in [-0.05, 0) is 22.9 Å². The zero-order valence-electron chi connectivity index (χ0n) is 10.5. The molecule has 0 saturated heterocycles. The zero-order valence-corrected chi connectivity index (χ0v) is 11.3. The second kappa shape index (κ2) is 5.24. The van der Waals surface area contributed by atoms with Crippen LogP contribution in [-0.2, 0) is 6.61 Å². The molecule has 1 N–H and O–H groups in total. The van der Waals surface area contributed by atoms with Gasteiger partial charge < -0.3 is 10.1 Å². The van der Waals surface area contributed by atoms with E-state index in [4.69, 9.17) is 4.74 Å². The van der Waals surface area contributed by atoms with Crippen LogP contribution in [-0.4, -0.2) is 16.6 Å². The first kappa shape index (κ1) is 11.9. The Morgan fingerprint density at radius 3 is 2.84 bits per heavy atom. The standard InChI is InChI=1S/C14H13N3OS/c1-15-14-13(16-17-19-14)9-18-12-7-6-10-4-2-3-5-11(10)8-12/h2-8,15H,9H2,1H3. The molecule has 0 aliphatic rings. The summed E-state index contributed by atoms with van der Waals surface area (Å²) in [6.45, 7) is 0.422. The average molecular weight is 271 g/mol. The SMILES string of the molecule is CNc1snnc1COc1ccc2ccccc2c1. The first-order valence-electron chi connectivity index (χ1n) is 5.97. The summed E-state index contributed by atoms with van der Waals surface area (Å²) in [5, 5.41) is 10.4. The van der Waals surface area contributed by atoms with E-state index in [1.807, 2.05) is 31.3 Å². The number of hydrogen-bond donors (Lipinski definition) is 1. The van der Waals surface area contributed by atoms with Gasteiger partial charge >= 0.3 is 0 Å². The molecule has 0 unspecified atom stereocenters. The quantitative estimate of drug-likeness (QED) is 0.790. The van der Waals surface area contributed by atoms with Crippen LogP contribution in [0.25, 0.3) is 10.8 Å². The Morgan fingerprint density at radius 1 is 1.16 bits per heavy atom. The second-order valence-electron chi connectivity index (χ2n) is 4.10. The molecular formula is C14H13N3OS. The molecule has 3 aromatic rings. The molecule has 0 saturated carbocycles. The number of anilines is 1. The highest BCUT2D eigenvalue weighted by atomic mass is 32.1. The lowest BCUT2D eigenvalue weighted by molar-refractivity contribution is 0.302. The molecule has 0 fully saturated rings. The Balaban J connectivity index is 1.78. The molecule has 1 heterocycles. The van der Waals surface area contributed by atoms with Crippen molar-refractivity contribution >= 4 is 27.3 Å². The predicted molar refractivity (Wildman–Crippen MR) is 77.7 cm³/mol. The summed E-state index contributed by atoms with van der Waals surface area (Å²) in [7, 11) is 1.86. The first-order valence-corrected chi connectivity index (χ1v) is 6.75. The van der Waals surface area contributed by atoms with E-state index in [1.165, 1.54) is 22.3 Å². The molecule has 1 aromatic heterocycles. The lowest BCUT2D eigenvalue weighted by Crippen LogP contribution is -1.99. The zero-order chi connectivity index (χ0) is 13.1. The summed E-state index contributed by atoms with van der Waals surface area (Å²) in [6, 6.07) is 14.3. The third-order valence-electron chi connectivity index (χ3n) is 2.88. The number of nitrogens with one attached hydrogen (secondary N) is 1. The van der Waals surface area contributed by atoms with Crippen LogP contribution in [0.3, 0.4) is 0 Å². The number of nitrogens with zero attached hydrogens (tertiary/aromatic N) is 2. The first-order chi connectivity index (χ1) is 9.36. The van der Waals surface area contributed by atoms with Crippen LogP contribution in [0, 0.1) is 0 Å². The normalized spacial score (nSPS) is 10.6. The van der Waals surface area contributed by atoms with Gasteiger partial charge in [0.25, 0.3) is 0 Å². The summed E-state index contributed by atoms with van der Waals surface area (Å²) in [4.78, 5) is 0. The van der Waals surface area contributed by atoms with Crippen molar-refractivity contribution < 1.29 is 4.74 Å². The van der Waals surface area contributed by atoms with Gasteiger partial charge in [-0.15, -0.1) is 5.10 Å². The van der Waals surface area contributed by atoms with Gasteiger partial charge in [0.15, 0.2) is 0 Å². The number of hydrogen-bond acceptors (Lipinski definition) is 5. The van der Waals surface area contributed by atoms with Crippen LogP contribution in [0.4, 0.5) is 5.00 Å². The smallest absolute Gasteiger partial charge is 0.136 e. The average Bonchev–Trinajstić information content (AvgIpc) is 2.92. The van der Waals surface area contributed by atoms with Crippen LogP contribution < -0.4 is 10.1 Å². The molecule has 19 heavy (non-hydrogen) atoms. The highest BCUT2D eigenvalue weighted by Gasteiger charge is 2.07. The molecule has 4 nitrogen and oxygen atoms in total. The molecule has 3 rings (SSSR count). The fourth-order valence-corrected chi connectivity index (χ4v) is 2.42. The van der Waals surface area contributed by atoms with E-state index >= 15 is 0 Å². The van der Waals surface area contributed by atoms with E-state index in [-0.39, 0.29) is 0 Å². The minimum Gasteiger partial charge on any atom is -0.487 e. The Morgan fingerprint density at radius 2 is 2.00 bits per heavy atom. The fourth-order valence-electron chi connectivity index (χ4n) is 1.90. The molecular weight excluding hydrogens is 258 g/mol. The molecule has 2 aromatic carbocycles. The number of rotatable bonds is 4. The topological polar surface area (TPSA) is 47.0 Å². The van der Waals surface area contributed by atoms with Crippen LogP contribution in [0.5, 0.6) is 5.75 Å². The maximum Gasteiger partial charge on any atom is 0.136 e. The highest BCUT2D eigenvalue weighted by molar-refractivity contribution is 7.10. The lowest BCUT2D eigenvalue weighted by atomic mass is 10.1. The van der Waals surface area contributed by atoms with Gasteiger partial charge in [-0.1, -0.05) is 34.8 Å². The van der Waals surface area contributed by atoms with Crippen molar-refractivity contribution in [2.75, 3.05) is 12.4 Å². The number of ether oxygens (including phenoxy) is 1. The maximum atomic E-state index is 5.77. The lowest BCUT2D eigenvalue weighted by Gasteiger charge is -2.06. The molecule has 96 valence electrons. The summed E-state index contributed by atoms with van der Waals surface area (Å²) in [6.07, 6.45) is 0. The van der Waals surface area contributed by atoms with E-state index in [0.29, 0.717) is 6.61 Å². The van der Waals surface area contributed by atoms with Crippen LogP contribution in [0.1, 0.15) is 5.69 Å². The van der Waals surface area contributed by atoms with Crippen molar-refractivity contribution in [3.8, 4) is 5.75 Å². The summed E-state index contributed by atoms with van der Waals surface area (Å²) in [5.74, 6) is 0.841. The Hall–Kier alpha value is -2.14. The van der Waals surface area contributed by atoms with E-state index in [2.05, 4.69) is 33.1 Å². The second-order valence-corrected chi connectivity index (χ2v) is 4.85. The van der Waals surface area contributed by atoms with Gasteiger partial charge in [0.05, 0.1) is 0 Å². The van der Waals surface area contributed by atoms with Crippen LogP contribution >= 0.6 is 11.5 Å². The molecule has 0 aliphatic heterocycles. The van der Waals surface area contributed by atoms with E-state index in [9.17, 15) is 0 Å². The largest absolute Gasteiger partial charge is 0.487 e. The molecule has 5 heteroatoms. The third kappa shape index (κ3) is 2.51. The Bertz CT molecular complexity index is 696. The summed E-state index contributed by atoms with van der Waals surface area (Å²) < 4.78 is 9.67. The summed E-state index contributed by atoms with van der Waals surface area (Å²) >= 11 is 1.34. The van der Waals surface area contributed by atoms with Crippen molar-refractivity contribution in [1.82, 2.24) is 9.59 Å². The van der Waals surface area contributed by atoms with Gasteiger partial charge in [0.1, 0.15) is 23.1 Å². The van der Waals surface area contributed by atoms with Gasteiger partial charge in [0, 0.05) is 18.6 Å². The van der Waals surface area contributed by atoms with Crippen molar-refractivity contribution in [1.29, 1.82) is 0 Å². The van der Waals surface area contributed by atoms with E-state index < -0.39 is 0 Å². The molecule has 0 amide bonds. The minimum absolute atomic E-state index is 0.422. The molecule has 0 spiro atoms. The van der Waals surface area contributed by atoms with E-state index in [0.717, 1.165) is 16.4 Å². The Labute approximate surface area is 115 Å². The Kier molecular flexibility index (Phi) is 3.29. The highest BCUT2D eigenvalue weighted by Crippen LogP contribution is 2.23. The van der Waals surface area contributed by atoms with Gasteiger partial charge in [-0.3, -0.25) is 0 Å². The number of aromatic nitrogens is 2. The maximum absolute atomic E-state index is 5.77. The van der Waals surface area contributed by atoms with Crippen molar-refractivity contribution in [2.45, 2.75) is 6.61 Å². The minimum atomic E-state index is 0.422. The van der Waals surface area contributed by atoms with Crippen molar-refractivity contribution in [2.24, 2.45) is 0 Å². The predicted octanol–water partition coefficient (Wildman–Crippen LogP) is 3.31. The van der Waals surface area contributed by atoms with Gasteiger partial charge in [-0.2, -0.15) is 0 Å². The fraction of sp³-hybridized carbons (Fsp3) is 0.143. The molecule has 0 aliphatic carbocycles.